The minimum absolute atomic E-state index is 0.318. The molecule has 0 amide bonds. The third kappa shape index (κ3) is 4.05. The third-order valence-electron chi connectivity index (χ3n) is 2.23. The molecular formula is C8H12F3NO3. The maximum Gasteiger partial charge on any atom is 0.490 e. The van der Waals surface area contributed by atoms with Gasteiger partial charge in [-0.1, -0.05) is 0 Å². The first-order chi connectivity index (χ1) is 6.86. The SMILES string of the molecule is C1CNCC2(C1)CO2.O=C(O)C(F)(F)F. The van der Waals surface area contributed by atoms with E-state index in [0.717, 1.165) is 13.2 Å². The van der Waals surface area contributed by atoms with Crippen LogP contribution in [0.1, 0.15) is 12.8 Å². The van der Waals surface area contributed by atoms with Crippen LogP contribution in [0.3, 0.4) is 0 Å². The maximum atomic E-state index is 10.6. The number of carboxylic acid groups (broad SMARTS) is 1. The summed E-state index contributed by atoms with van der Waals surface area (Å²) in [6, 6.07) is 0. The zero-order chi connectivity index (χ0) is 11.5. The predicted molar refractivity (Wildman–Crippen MR) is 44.5 cm³/mol. The van der Waals surface area contributed by atoms with E-state index in [-0.39, 0.29) is 0 Å². The summed E-state index contributed by atoms with van der Waals surface area (Å²) in [6.45, 7) is 3.28. The molecule has 2 rings (SSSR count). The molecule has 2 aliphatic heterocycles. The molecule has 2 heterocycles. The van der Waals surface area contributed by atoms with Gasteiger partial charge in [-0.25, -0.2) is 4.79 Å². The zero-order valence-electron chi connectivity index (χ0n) is 7.93. The molecular weight excluding hydrogens is 215 g/mol. The highest BCUT2D eigenvalue weighted by Crippen LogP contribution is 2.32. The van der Waals surface area contributed by atoms with Crippen LogP contribution in [-0.4, -0.2) is 42.5 Å². The van der Waals surface area contributed by atoms with Crippen LogP contribution in [0, 0.1) is 0 Å². The molecule has 4 nitrogen and oxygen atoms in total. The number of nitrogens with one attached hydrogen (secondary N) is 1. The lowest BCUT2D eigenvalue weighted by Crippen LogP contribution is -2.36. The van der Waals surface area contributed by atoms with Crippen molar-refractivity contribution in [2.45, 2.75) is 24.6 Å². The van der Waals surface area contributed by atoms with Crippen molar-refractivity contribution in [3.63, 3.8) is 0 Å². The number of piperidine rings is 1. The fraction of sp³-hybridized carbons (Fsp3) is 0.875. The number of ether oxygens (including phenoxy) is 1. The van der Waals surface area contributed by atoms with E-state index in [0.29, 0.717) is 5.60 Å². The van der Waals surface area contributed by atoms with E-state index in [2.05, 4.69) is 5.32 Å². The Balaban J connectivity index is 0.000000153. The molecule has 1 spiro atoms. The highest BCUT2D eigenvalue weighted by Gasteiger charge is 2.44. The topological polar surface area (TPSA) is 61.9 Å². The fourth-order valence-corrected chi connectivity index (χ4v) is 1.29. The van der Waals surface area contributed by atoms with Gasteiger partial charge in [0.2, 0.25) is 0 Å². The second kappa shape index (κ2) is 4.36. The van der Waals surface area contributed by atoms with E-state index in [9.17, 15) is 13.2 Å². The summed E-state index contributed by atoms with van der Waals surface area (Å²) in [7, 11) is 0. The number of carboxylic acids is 1. The van der Waals surface area contributed by atoms with Crippen LogP contribution in [0.4, 0.5) is 13.2 Å². The summed E-state index contributed by atoms with van der Waals surface area (Å²) in [5.41, 5.74) is 0.318. The normalized spacial score (nSPS) is 29.3. The Morgan fingerprint density at radius 2 is 2.00 bits per heavy atom. The van der Waals surface area contributed by atoms with Gasteiger partial charge < -0.3 is 15.2 Å². The number of carbonyl (C=O) groups is 1. The van der Waals surface area contributed by atoms with Crippen molar-refractivity contribution < 1.29 is 27.8 Å². The molecule has 0 aromatic heterocycles. The second-order valence-corrected chi connectivity index (χ2v) is 3.55. The molecule has 1 unspecified atom stereocenters. The van der Waals surface area contributed by atoms with E-state index < -0.39 is 12.1 Å². The number of hydrogen-bond acceptors (Lipinski definition) is 3. The number of halogens is 3. The van der Waals surface area contributed by atoms with E-state index in [1.807, 2.05) is 0 Å². The Labute approximate surface area is 84.4 Å². The van der Waals surface area contributed by atoms with Crippen molar-refractivity contribution in [1.82, 2.24) is 5.32 Å². The maximum absolute atomic E-state index is 10.6. The zero-order valence-corrected chi connectivity index (χ0v) is 7.93. The number of aliphatic carboxylic acids is 1. The first kappa shape index (κ1) is 12.3. The monoisotopic (exact) mass is 227 g/mol. The molecule has 2 saturated heterocycles. The van der Waals surface area contributed by atoms with E-state index in [1.54, 1.807) is 0 Å². The van der Waals surface area contributed by atoms with Crippen LogP contribution >= 0.6 is 0 Å². The standard InChI is InChI=1S/C6H11NO.C2HF3O2/c1-2-6(5-8-6)4-7-3-1;3-2(4,5)1(6)7/h7H,1-5H2;(H,6,7). The molecule has 15 heavy (non-hydrogen) atoms. The van der Waals surface area contributed by atoms with E-state index >= 15 is 0 Å². The quantitative estimate of drug-likeness (QED) is 0.600. The lowest BCUT2D eigenvalue weighted by molar-refractivity contribution is -0.192. The number of epoxide rings is 1. The van der Waals surface area contributed by atoms with Crippen LogP contribution in [0.2, 0.25) is 0 Å². The van der Waals surface area contributed by atoms with Crippen LogP contribution in [0.25, 0.3) is 0 Å². The Morgan fingerprint density at radius 1 is 1.47 bits per heavy atom. The number of alkyl halides is 3. The van der Waals surface area contributed by atoms with Crippen molar-refractivity contribution in [2.24, 2.45) is 0 Å². The number of hydrogen-bond donors (Lipinski definition) is 2. The fourth-order valence-electron chi connectivity index (χ4n) is 1.29. The van der Waals surface area contributed by atoms with Gasteiger partial charge in [-0.05, 0) is 19.4 Å². The summed E-state index contributed by atoms with van der Waals surface area (Å²) < 4.78 is 37.0. The molecule has 1 atom stereocenters. The van der Waals surface area contributed by atoms with Crippen molar-refractivity contribution in [2.75, 3.05) is 19.7 Å². The van der Waals surface area contributed by atoms with Gasteiger partial charge in [0.1, 0.15) is 5.60 Å². The van der Waals surface area contributed by atoms with Gasteiger partial charge in [0, 0.05) is 6.54 Å². The van der Waals surface area contributed by atoms with Gasteiger partial charge in [-0.15, -0.1) is 0 Å². The molecule has 2 fully saturated rings. The van der Waals surface area contributed by atoms with Crippen molar-refractivity contribution in [1.29, 1.82) is 0 Å². The van der Waals surface area contributed by atoms with Gasteiger partial charge in [0.05, 0.1) is 6.61 Å². The molecule has 0 radical (unpaired) electrons. The summed E-state index contributed by atoms with van der Waals surface area (Å²) in [5.74, 6) is -2.76. The van der Waals surface area contributed by atoms with Crippen LogP contribution < -0.4 is 5.32 Å². The highest BCUT2D eigenvalue weighted by molar-refractivity contribution is 5.73. The average molecular weight is 227 g/mol. The lowest BCUT2D eigenvalue weighted by atomic mass is 10.0. The van der Waals surface area contributed by atoms with Crippen molar-refractivity contribution in [3.05, 3.63) is 0 Å². The van der Waals surface area contributed by atoms with Crippen molar-refractivity contribution in [3.8, 4) is 0 Å². The molecule has 0 saturated carbocycles. The molecule has 0 aliphatic carbocycles. The summed E-state index contributed by atoms with van der Waals surface area (Å²) in [5, 5.41) is 10.4. The minimum atomic E-state index is -5.08. The largest absolute Gasteiger partial charge is 0.490 e. The molecule has 0 bridgehead atoms. The molecule has 0 aromatic rings. The summed E-state index contributed by atoms with van der Waals surface area (Å²) >= 11 is 0. The summed E-state index contributed by atoms with van der Waals surface area (Å²) in [4.78, 5) is 8.90. The third-order valence-corrected chi connectivity index (χ3v) is 2.23. The Morgan fingerprint density at radius 3 is 2.20 bits per heavy atom. The van der Waals surface area contributed by atoms with Gasteiger partial charge >= 0.3 is 12.1 Å². The van der Waals surface area contributed by atoms with Gasteiger partial charge in [0.25, 0.3) is 0 Å². The van der Waals surface area contributed by atoms with Crippen LogP contribution in [0.5, 0.6) is 0 Å². The molecule has 0 aromatic carbocycles. The van der Waals surface area contributed by atoms with Crippen molar-refractivity contribution >= 4 is 5.97 Å². The van der Waals surface area contributed by atoms with E-state index in [4.69, 9.17) is 14.6 Å². The van der Waals surface area contributed by atoms with Crippen LogP contribution in [0.15, 0.2) is 0 Å². The molecule has 2 aliphatic rings. The Kier molecular flexibility index (Phi) is 3.56. The summed E-state index contributed by atoms with van der Waals surface area (Å²) in [6.07, 6.45) is -2.51. The lowest BCUT2D eigenvalue weighted by Gasteiger charge is -2.17. The van der Waals surface area contributed by atoms with Gasteiger partial charge in [-0.2, -0.15) is 13.2 Å². The smallest absolute Gasteiger partial charge is 0.475 e. The number of rotatable bonds is 0. The van der Waals surface area contributed by atoms with Gasteiger partial charge in [-0.3, -0.25) is 0 Å². The first-order valence-electron chi connectivity index (χ1n) is 4.51. The Hall–Kier alpha value is -0.820. The average Bonchev–Trinajstić information content (AvgIpc) is 2.86. The first-order valence-corrected chi connectivity index (χ1v) is 4.51. The molecule has 7 heteroatoms. The highest BCUT2D eigenvalue weighted by atomic mass is 19.4. The van der Waals surface area contributed by atoms with Gasteiger partial charge in [0.15, 0.2) is 0 Å². The molecule has 2 N–H and O–H groups in total. The Bertz CT molecular complexity index is 230. The second-order valence-electron chi connectivity index (χ2n) is 3.55. The molecule has 88 valence electrons. The van der Waals surface area contributed by atoms with Crippen LogP contribution in [-0.2, 0) is 9.53 Å². The minimum Gasteiger partial charge on any atom is -0.475 e. The predicted octanol–water partition coefficient (Wildman–Crippen LogP) is 0.772. The van der Waals surface area contributed by atoms with E-state index in [1.165, 1.54) is 19.4 Å².